The summed E-state index contributed by atoms with van der Waals surface area (Å²) in [5.41, 5.74) is -0.256. The summed E-state index contributed by atoms with van der Waals surface area (Å²) >= 11 is 3.23. The molecule has 0 atom stereocenters. The fourth-order valence-corrected chi connectivity index (χ4v) is 0.921. The second-order valence-corrected chi connectivity index (χ2v) is 4.61. The third-order valence-electron chi connectivity index (χ3n) is 1.16. The molecule has 5 heteroatoms. The smallest absolute Gasteiger partial charge is 0.407 e. The van der Waals surface area contributed by atoms with Crippen LogP contribution in [-0.4, -0.2) is 36.8 Å². The molecule has 0 aromatic heterocycles. The summed E-state index contributed by atoms with van der Waals surface area (Å²) in [5, 5.41) is 3.48. The van der Waals surface area contributed by atoms with Gasteiger partial charge in [-0.1, -0.05) is 15.9 Å². The SMILES string of the molecule is CC(C)(C)NC(=O)OCCOCCBr. The van der Waals surface area contributed by atoms with E-state index in [0.717, 1.165) is 5.33 Å². The molecule has 0 saturated carbocycles. The van der Waals surface area contributed by atoms with Crippen molar-refractivity contribution in [3.8, 4) is 0 Å². The van der Waals surface area contributed by atoms with Crippen molar-refractivity contribution < 1.29 is 14.3 Å². The number of halogens is 1. The Morgan fingerprint density at radius 2 is 1.93 bits per heavy atom. The van der Waals surface area contributed by atoms with Crippen LogP contribution in [0, 0.1) is 0 Å². The van der Waals surface area contributed by atoms with Gasteiger partial charge in [0.2, 0.25) is 0 Å². The van der Waals surface area contributed by atoms with Crippen LogP contribution in [0.3, 0.4) is 0 Å². The zero-order chi connectivity index (χ0) is 11.0. The largest absolute Gasteiger partial charge is 0.447 e. The molecule has 0 unspecified atom stereocenters. The van der Waals surface area contributed by atoms with Gasteiger partial charge in [0.05, 0.1) is 13.2 Å². The van der Waals surface area contributed by atoms with Crippen LogP contribution in [0.2, 0.25) is 0 Å². The van der Waals surface area contributed by atoms with Crippen LogP contribution in [0.4, 0.5) is 4.79 Å². The summed E-state index contributed by atoms with van der Waals surface area (Å²) in [6.07, 6.45) is -0.403. The summed E-state index contributed by atoms with van der Waals surface area (Å²) in [7, 11) is 0. The summed E-state index contributed by atoms with van der Waals surface area (Å²) in [5.74, 6) is 0. The van der Waals surface area contributed by atoms with Crippen molar-refractivity contribution in [2.24, 2.45) is 0 Å². The molecular formula is C9H18BrNO3. The molecule has 0 spiro atoms. The second kappa shape index (κ2) is 7.06. The number of carbonyl (C=O) groups excluding carboxylic acids is 1. The second-order valence-electron chi connectivity index (χ2n) is 3.81. The molecule has 0 bridgehead atoms. The fourth-order valence-electron chi connectivity index (χ4n) is 0.692. The van der Waals surface area contributed by atoms with Crippen molar-refractivity contribution in [3.63, 3.8) is 0 Å². The minimum atomic E-state index is -0.403. The molecule has 1 amide bonds. The summed E-state index contributed by atoms with van der Waals surface area (Å²) in [4.78, 5) is 11.1. The Bertz CT molecular complexity index is 168. The van der Waals surface area contributed by atoms with Gasteiger partial charge in [0.1, 0.15) is 6.61 Å². The molecule has 0 aliphatic rings. The Balaban J connectivity index is 3.36. The maximum atomic E-state index is 11.1. The molecule has 0 aliphatic carbocycles. The lowest BCUT2D eigenvalue weighted by atomic mass is 10.1. The van der Waals surface area contributed by atoms with Gasteiger partial charge in [-0.15, -0.1) is 0 Å². The Hall–Kier alpha value is -0.290. The van der Waals surface area contributed by atoms with E-state index >= 15 is 0 Å². The lowest BCUT2D eigenvalue weighted by molar-refractivity contribution is 0.0770. The fraction of sp³-hybridized carbons (Fsp3) is 0.889. The number of alkyl carbamates (subject to hydrolysis) is 1. The van der Waals surface area contributed by atoms with Crippen LogP contribution in [-0.2, 0) is 9.47 Å². The third kappa shape index (κ3) is 9.80. The minimum Gasteiger partial charge on any atom is -0.447 e. The maximum Gasteiger partial charge on any atom is 0.407 e. The molecule has 0 aromatic rings. The van der Waals surface area contributed by atoms with Gasteiger partial charge in [0.15, 0.2) is 0 Å². The first-order valence-electron chi connectivity index (χ1n) is 4.54. The van der Waals surface area contributed by atoms with Gasteiger partial charge in [-0.25, -0.2) is 4.79 Å². The summed E-state index contributed by atoms with van der Waals surface area (Å²) < 4.78 is 9.99. The van der Waals surface area contributed by atoms with E-state index < -0.39 is 6.09 Å². The predicted octanol–water partition coefficient (Wildman–Crippen LogP) is 1.92. The normalized spacial score (nSPS) is 11.1. The first kappa shape index (κ1) is 13.7. The summed E-state index contributed by atoms with van der Waals surface area (Å²) in [6, 6.07) is 0. The molecule has 0 fully saturated rings. The molecule has 84 valence electrons. The molecular weight excluding hydrogens is 250 g/mol. The zero-order valence-corrected chi connectivity index (χ0v) is 10.5. The monoisotopic (exact) mass is 267 g/mol. The van der Waals surface area contributed by atoms with E-state index in [0.29, 0.717) is 13.2 Å². The first-order chi connectivity index (χ1) is 6.45. The van der Waals surface area contributed by atoms with E-state index in [1.807, 2.05) is 20.8 Å². The van der Waals surface area contributed by atoms with E-state index in [9.17, 15) is 4.79 Å². The lowest BCUT2D eigenvalue weighted by Crippen LogP contribution is -2.41. The van der Waals surface area contributed by atoms with Gasteiger partial charge < -0.3 is 14.8 Å². The van der Waals surface area contributed by atoms with Crippen LogP contribution in [0.1, 0.15) is 20.8 Å². The highest BCUT2D eigenvalue weighted by Crippen LogP contribution is 1.98. The van der Waals surface area contributed by atoms with Crippen molar-refractivity contribution in [3.05, 3.63) is 0 Å². The van der Waals surface area contributed by atoms with Gasteiger partial charge >= 0.3 is 6.09 Å². The molecule has 0 aromatic carbocycles. The highest BCUT2D eigenvalue weighted by molar-refractivity contribution is 9.09. The predicted molar refractivity (Wildman–Crippen MR) is 58.8 cm³/mol. The van der Waals surface area contributed by atoms with Gasteiger partial charge in [-0.2, -0.15) is 0 Å². The average Bonchev–Trinajstić information content (AvgIpc) is 2.00. The van der Waals surface area contributed by atoms with Crippen LogP contribution >= 0.6 is 15.9 Å². The van der Waals surface area contributed by atoms with Crippen LogP contribution in [0.25, 0.3) is 0 Å². The quantitative estimate of drug-likeness (QED) is 0.612. The third-order valence-corrected chi connectivity index (χ3v) is 1.48. The van der Waals surface area contributed by atoms with Gasteiger partial charge in [0, 0.05) is 10.9 Å². The molecule has 0 saturated heterocycles. The topological polar surface area (TPSA) is 47.6 Å². The van der Waals surface area contributed by atoms with Crippen molar-refractivity contribution in [2.75, 3.05) is 25.2 Å². The van der Waals surface area contributed by atoms with Crippen LogP contribution in [0.15, 0.2) is 0 Å². The van der Waals surface area contributed by atoms with Crippen LogP contribution < -0.4 is 5.32 Å². The Morgan fingerprint density at radius 1 is 1.29 bits per heavy atom. The average molecular weight is 268 g/mol. The molecule has 0 radical (unpaired) electrons. The van der Waals surface area contributed by atoms with Gasteiger partial charge in [0.25, 0.3) is 0 Å². The number of amides is 1. The number of rotatable bonds is 5. The molecule has 14 heavy (non-hydrogen) atoms. The number of hydrogen-bond acceptors (Lipinski definition) is 3. The van der Waals surface area contributed by atoms with Crippen molar-refractivity contribution in [1.29, 1.82) is 0 Å². The molecule has 0 aliphatic heterocycles. The van der Waals surface area contributed by atoms with Crippen LogP contribution in [0.5, 0.6) is 0 Å². The van der Waals surface area contributed by atoms with Gasteiger partial charge in [-0.05, 0) is 20.8 Å². The van der Waals surface area contributed by atoms with E-state index in [2.05, 4.69) is 21.2 Å². The van der Waals surface area contributed by atoms with E-state index in [1.54, 1.807) is 0 Å². The molecule has 0 rings (SSSR count). The Morgan fingerprint density at radius 3 is 2.43 bits per heavy atom. The van der Waals surface area contributed by atoms with Crippen molar-refractivity contribution in [2.45, 2.75) is 26.3 Å². The van der Waals surface area contributed by atoms with Crippen molar-refractivity contribution in [1.82, 2.24) is 5.32 Å². The molecule has 1 N–H and O–H groups in total. The summed E-state index contributed by atoms with van der Waals surface area (Å²) in [6.45, 7) is 7.04. The highest BCUT2D eigenvalue weighted by atomic mass is 79.9. The number of hydrogen-bond donors (Lipinski definition) is 1. The van der Waals surface area contributed by atoms with E-state index in [4.69, 9.17) is 9.47 Å². The van der Waals surface area contributed by atoms with Gasteiger partial charge in [-0.3, -0.25) is 0 Å². The maximum absolute atomic E-state index is 11.1. The minimum absolute atomic E-state index is 0.256. The number of ether oxygens (including phenoxy) is 2. The molecule has 4 nitrogen and oxygen atoms in total. The standard InChI is InChI=1S/C9H18BrNO3/c1-9(2,3)11-8(12)14-7-6-13-5-4-10/h4-7H2,1-3H3,(H,11,12). The Labute approximate surface area is 93.5 Å². The van der Waals surface area contributed by atoms with E-state index in [1.165, 1.54) is 0 Å². The number of nitrogens with one attached hydrogen (secondary N) is 1. The first-order valence-corrected chi connectivity index (χ1v) is 5.66. The Kier molecular flexibility index (Phi) is 6.92. The lowest BCUT2D eigenvalue weighted by Gasteiger charge is -2.19. The number of carbonyl (C=O) groups is 1. The number of alkyl halides is 1. The van der Waals surface area contributed by atoms with E-state index in [-0.39, 0.29) is 12.1 Å². The molecule has 0 heterocycles. The van der Waals surface area contributed by atoms with Crippen molar-refractivity contribution >= 4 is 22.0 Å². The highest BCUT2D eigenvalue weighted by Gasteiger charge is 2.13. The zero-order valence-electron chi connectivity index (χ0n) is 8.93.